The van der Waals surface area contributed by atoms with Gasteiger partial charge in [0.1, 0.15) is 0 Å². The minimum Gasteiger partial charge on any atom is -0.463 e. The number of rotatable bonds is 0. The third-order valence-electron chi connectivity index (χ3n) is 3.59. The van der Waals surface area contributed by atoms with Gasteiger partial charge in [0.25, 0.3) is 0 Å². The lowest BCUT2D eigenvalue weighted by Crippen LogP contribution is -2.14. The highest BCUT2D eigenvalue weighted by molar-refractivity contribution is 5.69. The van der Waals surface area contributed by atoms with Crippen LogP contribution < -0.4 is 0 Å². The van der Waals surface area contributed by atoms with Crippen molar-refractivity contribution >= 4 is 5.97 Å². The maximum atomic E-state index is 11.6. The van der Waals surface area contributed by atoms with Crippen LogP contribution in [0.2, 0.25) is 0 Å². The molecule has 0 saturated heterocycles. The molecule has 0 aromatic rings. The lowest BCUT2D eigenvalue weighted by Gasteiger charge is -2.12. The van der Waals surface area contributed by atoms with Crippen LogP contribution in [-0.2, 0) is 9.53 Å². The average Bonchev–Trinajstić information content (AvgIpc) is 2.32. The Hall–Kier alpha value is -0.790. The van der Waals surface area contributed by atoms with E-state index in [-0.39, 0.29) is 12.1 Å². The van der Waals surface area contributed by atoms with E-state index in [0.717, 1.165) is 25.7 Å². The van der Waals surface area contributed by atoms with Gasteiger partial charge in [0.15, 0.2) is 0 Å². The average molecular weight is 252 g/mol. The Balaban J connectivity index is 2.37. The van der Waals surface area contributed by atoms with Crippen molar-refractivity contribution in [2.45, 2.75) is 84.2 Å². The molecule has 104 valence electrons. The molecule has 0 aliphatic carbocycles. The summed E-state index contributed by atoms with van der Waals surface area (Å²) in [5.74, 6) is -0.0157. The number of hydrogen-bond donors (Lipinski definition) is 0. The molecule has 0 spiro atoms. The smallest absolute Gasteiger partial charge is 0.306 e. The van der Waals surface area contributed by atoms with E-state index in [9.17, 15) is 4.79 Å². The van der Waals surface area contributed by atoms with Crippen molar-refractivity contribution in [3.05, 3.63) is 11.6 Å². The molecule has 0 N–H and O–H groups in total. The number of ether oxygens (including phenoxy) is 1. The van der Waals surface area contributed by atoms with Crippen LogP contribution in [-0.4, -0.2) is 12.1 Å². The van der Waals surface area contributed by atoms with Crippen LogP contribution in [0.15, 0.2) is 11.6 Å². The molecule has 0 radical (unpaired) electrons. The third-order valence-corrected chi connectivity index (χ3v) is 3.59. The number of allylic oxidation sites excluding steroid dienone is 2. The molecular weight excluding hydrogens is 224 g/mol. The zero-order valence-corrected chi connectivity index (χ0v) is 12.0. The molecule has 2 heteroatoms. The van der Waals surface area contributed by atoms with E-state index in [2.05, 4.69) is 13.0 Å². The first-order valence-electron chi connectivity index (χ1n) is 7.53. The predicted octanol–water partition coefficient (Wildman–Crippen LogP) is 4.78. The molecule has 18 heavy (non-hydrogen) atoms. The highest BCUT2D eigenvalue weighted by Gasteiger charge is 2.09. The van der Waals surface area contributed by atoms with Gasteiger partial charge in [0.2, 0.25) is 0 Å². The third kappa shape index (κ3) is 7.52. The molecule has 0 aromatic carbocycles. The van der Waals surface area contributed by atoms with Gasteiger partial charge in [-0.2, -0.15) is 0 Å². The fraction of sp³-hybridized carbons (Fsp3) is 0.812. The summed E-state index contributed by atoms with van der Waals surface area (Å²) in [7, 11) is 0. The van der Waals surface area contributed by atoms with Crippen molar-refractivity contribution in [3.63, 3.8) is 0 Å². The van der Waals surface area contributed by atoms with Gasteiger partial charge in [-0.15, -0.1) is 0 Å². The van der Waals surface area contributed by atoms with Gasteiger partial charge in [-0.1, -0.05) is 24.5 Å². The number of carbonyl (C=O) groups excluding carboxylic acids is 1. The molecule has 0 saturated carbocycles. The maximum Gasteiger partial charge on any atom is 0.306 e. The van der Waals surface area contributed by atoms with E-state index >= 15 is 0 Å². The van der Waals surface area contributed by atoms with E-state index in [1.807, 2.05) is 6.92 Å². The summed E-state index contributed by atoms with van der Waals surface area (Å²) in [6, 6.07) is 0. The monoisotopic (exact) mass is 252 g/mol. The Kier molecular flexibility index (Phi) is 7.79. The van der Waals surface area contributed by atoms with Gasteiger partial charge in [-0.25, -0.2) is 0 Å². The molecule has 1 unspecified atom stereocenters. The predicted molar refractivity (Wildman–Crippen MR) is 75.5 cm³/mol. The zero-order chi connectivity index (χ0) is 13.2. The Morgan fingerprint density at radius 3 is 2.61 bits per heavy atom. The second-order valence-electron chi connectivity index (χ2n) is 5.55. The minimum absolute atomic E-state index is 0.0157. The molecule has 2 nitrogen and oxygen atoms in total. The first kappa shape index (κ1) is 15.3. The molecule has 0 bridgehead atoms. The van der Waals surface area contributed by atoms with Crippen molar-refractivity contribution < 1.29 is 9.53 Å². The topological polar surface area (TPSA) is 26.3 Å². The molecule has 0 fully saturated rings. The van der Waals surface area contributed by atoms with Crippen LogP contribution >= 0.6 is 0 Å². The van der Waals surface area contributed by atoms with E-state index in [1.165, 1.54) is 37.7 Å². The van der Waals surface area contributed by atoms with Crippen LogP contribution in [0.3, 0.4) is 0 Å². The molecule has 1 heterocycles. The Morgan fingerprint density at radius 1 is 1.06 bits per heavy atom. The normalized spacial score (nSPS) is 28.4. The molecule has 1 atom stereocenters. The van der Waals surface area contributed by atoms with Crippen LogP contribution in [0, 0.1) is 0 Å². The number of carbonyl (C=O) groups is 1. The summed E-state index contributed by atoms with van der Waals surface area (Å²) in [5.41, 5.74) is 1.51. The molecular formula is C16H28O2. The SMILES string of the molecule is C/C1=C\CCCCC(=O)OC(C)CCCCCC1. The Morgan fingerprint density at radius 2 is 1.78 bits per heavy atom. The van der Waals surface area contributed by atoms with E-state index in [0.29, 0.717) is 6.42 Å². The fourth-order valence-electron chi connectivity index (χ4n) is 2.40. The van der Waals surface area contributed by atoms with Gasteiger partial charge >= 0.3 is 5.97 Å². The standard InChI is InChI=1S/C16H28O2/c1-14-10-6-3-4-8-12-15(2)18-16(17)13-9-5-7-11-14/h11,15H,3-10,12-13H2,1-2H3/b14-11+. The lowest BCUT2D eigenvalue weighted by molar-refractivity contribution is -0.148. The van der Waals surface area contributed by atoms with Crippen molar-refractivity contribution in [1.82, 2.24) is 0 Å². The van der Waals surface area contributed by atoms with Crippen LogP contribution in [0.4, 0.5) is 0 Å². The molecule has 1 aliphatic heterocycles. The molecule has 0 aromatic heterocycles. The summed E-state index contributed by atoms with van der Waals surface area (Å²) in [4.78, 5) is 11.6. The quantitative estimate of drug-likeness (QED) is 0.458. The number of esters is 1. The fourth-order valence-corrected chi connectivity index (χ4v) is 2.40. The minimum atomic E-state index is -0.0157. The maximum absolute atomic E-state index is 11.6. The summed E-state index contributed by atoms with van der Waals surface area (Å²) in [5, 5.41) is 0. The van der Waals surface area contributed by atoms with Crippen molar-refractivity contribution in [2.24, 2.45) is 0 Å². The summed E-state index contributed by atoms with van der Waals surface area (Å²) < 4.78 is 5.39. The van der Waals surface area contributed by atoms with Crippen LogP contribution in [0.5, 0.6) is 0 Å². The molecule has 1 rings (SSSR count). The van der Waals surface area contributed by atoms with Crippen LogP contribution in [0.25, 0.3) is 0 Å². The highest BCUT2D eigenvalue weighted by atomic mass is 16.5. The van der Waals surface area contributed by atoms with Gasteiger partial charge < -0.3 is 4.74 Å². The summed E-state index contributed by atoms with van der Waals surface area (Å²) in [6.45, 7) is 4.25. The van der Waals surface area contributed by atoms with Gasteiger partial charge in [0, 0.05) is 6.42 Å². The first-order valence-corrected chi connectivity index (χ1v) is 7.53. The van der Waals surface area contributed by atoms with Gasteiger partial charge in [-0.05, 0) is 58.8 Å². The number of cyclic esters (lactones) is 1. The lowest BCUT2D eigenvalue weighted by atomic mass is 10.0. The van der Waals surface area contributed by atoms with E-state index in [4.69, 9.17) is 4.74 Å². The van der Waals surface area contributed by atoms with Gasteiger partial charge in [-0.3, -0.25) is 4.79 Å². The molecule has 0 amide bonds. The molecule has 1 aliphatic rings. The number of hydrogen-bond acceptors (Lipinski definition) is 2. The second-order valence-corrected chi connectivity index (χ2v) is 5.55. The highest BCUT2D eigenvalue weighted by Crippen LogP contribution is 2.15. The Bertz CT molecular complexity index is 268. The van der Waals surface area contributed by atoms with Gasteiger partial charge in [0.05, 0.1) is 6.10 Å². The summed E-state index contributed by atoms with van der Waals surface area (Å²) >= 11 is 0. The Labute approximate surface area is 112 Å². The van der Waals surface area contributed by atoms with E-state index < -0.39 is 0 Å². The van der Waals surface area contributed by atoms with Crippen molar-refractivity contribution in [3.8, 4) is 0 Å². The van der Waals surface area contributed by atoms with Crippen molar-refractivity contribution in [1.29, 1.82) is 0 Å². The van der Waals surface area contributed by atoms with Crippen molar-refractivity contribution in [2.75, 3.05) is 0 Å². The zero-order valence-electron chi connectivity index (χ0n) is 12.0. The largest absolute Gasteiger partial charge is 0.463 e. The van der Waals surface area contributed by atoms with Crippen LogP contribution in [0.1, 0.15) is 78.1 Å². The first-order chi connectivity index (χ1) is 8.68. The second kappa shape index (κ2) is 9.18. The summed E-state index contributed by atoms with van der Waals surface area (Å²) in [6.07, 6.45) is 13.5. The van der Waals surface area contributed by atoms with E-state index in [1.54, 1.807) is 0 Å².